The van der Waals surface area contributed by atoms with Crippen LogP contribution in [0.25, 0.3) is 0 Å². The minimum atomic E-state index is 0.0189. The van der Waals surface area contributed by atoms with Crippen LogP contribution in [0.5, 0.6) is 0 Å². The number of rotatable bonds is 3. The Balaban J connectivity index is 2.72. The van der Waals surface area contributed by atoms with E-state index in [1.807, 2.05) is 19.9 Å². The number of pyridine rings is 1. The molecule has 1 N–H and O–H groups in total. The van der Waals surface area contributed by atoms with Gasteiger partial charge in [-0.3, -0.25) is 4.79 Å². The minimum Gasteiger partial charge on any atom is -0.310 e. The lowest BCUT2D eigenvalue weighted by Crippen LogP contribution is -2.12. The molecule has 0 aliphatic heterocycles. The number of carbonyl (C=O) groups excluding carboxylic acids is 1. The van der Waals surface area contributed by atoms with E-state index in [-0.39, 0.29) is 5.91 Å². The van der Waals surface area contributed by atoms with Gasteiger partial charge in [-0.1, -0.05) is 6.92 Å². The van der Waals surface area contributed by atoms with Crippen LogP contribution in [-0.4, -0.2) is 10.9 Å². The highest BCUT2D eigenvalue weighted by atomic mass is 79.9. The molecule has 14 heavy (non-hydrogen) atoms. The average Bonchev–Trinajstić information content (AvgIpc) is 2.10. The quantitative estimate of drug-likeness (QED) is 0.904. The summed E-state index contributed by atoms with van der Waals surface area (Å²) in [5, 5.41) is 2.77. The van der Waals surface area contributed by atoms with Crippen molar-refractivity contribution in [1.29, 1.82) is 0 Å². The first-order valence-corrected chi connectivity index (χ1v) is 5.34. The maximum atomic E-state index is 11.3. The number of halogens is 1. The molecule has 0 aromatic carbocycles. The predicted molar refractivity (Wildman–Crippen MR) is 60.2 cm³/mol. The second kappa shape index (κ2) is 5.10. The van der Waals surface area contributed by atoms with Gasteiger partial charge in [0.05, 0.1) is 0 Å². The average molecular weight is 257 g/mol. The van der Waals surface area contributed by atoms with E-state index in [2.05, 4.69) is 26.2 Å². The largest absolute Gasteiger partial charge is 0.310 e. The van der Waals surface area contributed by atoms with Gasteiger partial charge < -0.3 is 5.32 Å². The van der Waals surface area contributed by atoms with E-state index in [0.717, 1.165) is 16.5 Å². The fourth-order valence-corrected chi connectivity index (χ4v) is 1.54. The zero-order chi connectivity index (χ0) is 10.6. The highest BCUT2D eigenvalue weighted by Crippen LogP contribution is 2.16. The Morgan fingerprint density at radius 2 is 2.36 bits per heavy atom. The SMILES string of the molecule is CCCC(=O)Nc1ncc(Br)cc1C. The van der Waals surface area contributed by atoms with Crippen LogP contribution in [-0.2, 0) is 4.79 Å². The molecule has 0 aliphatic rings. The highest BCUT2D eigenvalue weighted by Gasteiger charge is 2.04. The molecule has 4 heteroatoms. The third-order valence-corrected chi connectivity index (χ3v) is 2.21. The molecule has 0 spiro atoms. The lowest BCUT2D eigenvalue weighted by molar-refractivity contribution is -0.116. The Labute approximate surface area is 92.1 Å². The Kier molecular flexibility index (Phi) is 4.07. The number of nitrogens with one attached hydrogen (secondary N) is 1. The van der Waals surface area contributed by atoms with Crippen molar-refractivity contribution in [2.24, 2.45) is 0 Å². The number of carbonyl (C=O) groups is 1. The normalized spacial score (nSPS) is 9.93. The standard InChI is InChI=1S/C10H13BrN2O/c1-3-4-9(14)13-10-7(2)5-8(11)6-12-10/h5-6H,3-4H2,1-2H3,(H,12,13,14). The summed E-state index contributed by atoms with van der Waals surface area (Å²) < 4.78 is 0.920. The molecular formula is C10H13BrN2O. The van der Waals surface area contributed by atoms with Gasteiger partial charge in [-0.15, -0.1) is 0 Å². The van der Waals surface area contributed by atoms with Crippen molar-refractivity contribution in [3.63, 3.8) is 0 Å². The van der Waals surface area contributed by atoms with Crippen LogP contribution in [0.2, 0.25) is 0 Å². The summed E-state index contributed by atoms with van der Waals surface area (Å²) in [5.74, 6) is 0.664. The molecule has 1 heterocycles. The Morgan fingerprint density at radius 3 is 2.93 bits per heavy atom. The summed E-state index contributed by atoms with van der Waals surface area (Å²) in [6.07, 6.45) is 3.06. The van der Waals surface area contributed by atoms with Gasteiger partial charge in [-0.05, 0) is 40.9 Å². The maximum absolute atomic E-state index is 11.3. The molecule has 76 valence electrons. The van der Waals surface area contributed by atoms with Gasteiger partial charge in [0.25, 0.3) is 0 Å². The lowest BCUT2D eigenvalue weighted by atomic mass is 10.2. The van der Waals surface area contributed by atoms with E-state index in [9.17, 15) is 4.79 Å². The van der Waals surface area contributed by atoms with Crippen LogP contribution < -0.4 is 5.32 Å². The van der Waals surface area contributed by atoms with Gasteiger partial charge in [0.15, 0.2) is 0 Å². The van der Waals surface area contributed by atoms with Gasteiger partial charge in [0.1, 0.15) is 5.82 Å². The van der Waals surface area contributed by atoms with Crippen LogP contribution in [0, 0.1) is 6.92 Å². The number of aromatic nitrogens is 1. The molecule has 1 rings (SSSR count). The van der Waals surface area contributed by atoms with E-state index in [1.165, 1.54) is 0 Å². The lowest BCUT2D eigenvalue weighted by Gasteiger charge is -2.06. The molecule has 0 aliphatic carbocycles. The first kappa shape index (κ1) is 11.2. The van der Waals surface area contributed by atoms with Crippen molar-refractivity contribution in [3.8, 4) is 0 Å². The van der Waals surface area contributed by atoms with Crippen molar-refractivity contribution in [1.82, 2.24) is 4.98 Å². The van der Waals surface area contributed by atoms with Crippen LogP contribution in [0.4, 0.5) is 5.82 Å². The molecule has 1 aromatic heterocycles. The molecule has 0 saturated heterocycles. The number of hydrogen-bond acceptors (Lipinski definition) is 2. The predicted octanol–water partition coefficient (Wildman–Crippen LogP) is 2.89. The van der Waals surface area contributed by atoms with Crippen LogP contribution in [0.15, 0.2) is 16.7 Å². The molecule has 0 unspecified atom stereocenters. The number of hydrogen-bond donors (Lipinski definition) is 1. The molecule has 0 bridgehead atoms. The monoisotopic (exact) mass is 256 g/mol. The van der Waals surface area contributed by atoms with Crippen molar-refractivity contribution in [2.45, 2.75) is 26.7 Å². The van der Waals surface area contributed by atoms with E-state index < -0.39 is 0 Å². The number of aryl methyl sites for hydroxylation is 1. The summed E-state index contributed by atoms with van der Waals surface area (Å²) in [6, 6.07) is 1.93. The van der Waals surface area contributed by atoms with Crippen molar-refractivity contribution in [3.05, 3.63) is 22.3 Å². The second-order valence-corrected chi connectivity index (χ2v) is 4.03. The van der Waals surface area contributed by atoms with E-state index >= 15 is 0 Å². The van der Waals surface area contributed by atoms with Crippen LogP contribution in [0.3, 0.4) is 0 Å². The topological polar surface area (TPSA) is 42.0 Å². The molecule has 0 atom stereocenters. The van der Waals surface area contributed by atoms with Gasteiger partial charge in [0.2, 0.25) is 5.91 Å². The second-order valence-electron chi connectivity index (χ2n) is 3.12. The number of amides is 1. The first-order valence-electron chi connectivity index (χ1n) is 4.55. The molecule has 0 saturated carbocycles. The minimum absolute atomic E-state index is 0.0189. The molecular weight excluding hydrogens is 244 g/mol. The fourth-order valence-electron chi connectivity index (χ4n) is 1.09. The van der Waals surface area contributed by atoms with E-state index in [1.54, 1.807) is 6.20 Å². The highest BCUT2D eigenvalue weighted by molar-refractivity contribution is 9.10. The third kappa shape index (κ3) is 3.10. The summed E-state index contributed by atoms with van der Waals surface area (Å²) in [4.78, 5) is 15.4. The third-order valence-electron chi connectivity index (χ3n) is 1.78. The summed E-state index contributed by atoms with van der Waals surface area (Å²) in [7, 11) is 0. The van der Waals surface area contributed by atoms with E-state index in [0.29, 0.717) is 12.2 Å². The van der Waals surface area contributed by atoms with Crippen LogP contribution in [0.1, 0.15) is 25.3 Å². The van der Waals surface area contributed by atoms with Crippen LogP contribution >= 0.6 is 15.9 Å². The van der Waals surface area contributed by atoms with Gasteiger partial charge in [-0.2, -0.15) is 0 Å². The van der Waals surface area contributed by atoms with E-state index in [4.69, 9.17) is 0 Å². The Hall–Kier alpha value is -0.900. The van der Waals surface area contributed by atoms with Crippen molar-refractivity contribution >= 4 is 27.7 Å². The summed E-state index contributed by atoms with van der Waals surface area (Å²) >= 11 is 3.32. The van der Waals surface area contributed by atoms with Crippen molar-refractivity contribution < 1.29 is 4.79 Å². The molecule has 0 fully saturated rings. The van der Waals surface area contributed by atoms with Gasteiger partial charge in [-0.25, -0.2) is 4.98 Å². The number of nitrogens with zero attached hydrogens (tertiary/aromatic N) is 1. The zero-order valence-electron chi connectivity index (χ0n) is 8.30. The smallest absolute Gasteiger partial charge is 0.225 e. The maximum Gasteiger partial charge on any atom is 0.225 e. The molecule has 3 nitrogen and oxygen atoms in total. The van der Waals surface area contributed by atoms with Gasteiger partial charge in [0, 0.05) is 17.1 Å². The molecule has 0 radical (unpaired) electrons. The zero-order valence-corrected chi connectivity index (χ0v) is 9.89. The molecule has 1 amide bonds. The fraction of sp³-hybridized carbons (Fsp3) is 0.400. The number of anilines is 1. The van der Waals surface area contributed by atoms with Gasteiger partial charge >= 0.3 is 0 Å². The molecule has 1 aromatic rings. The first-order chi connectivity index (χ1) is 6.63. The Bertz CT molecular complexity index is 339. The summed E-state index contributed by atoms with van der Waals surface area (Å²) in [5.41, 5.74) is 0.962. The Morgan fingerprint density at radius 1 is 1.64 bits per heavy atom. The van der Waals surface area contributed by atoms with Crippen molar-refractivity contribution in [2.75, 3.05) is 5.32 Å². The summed E-state index contributed by atoms with van der Waals surface area (Å²) in [6.45, 7) is 3.89.